The lowest BCUT2D eigenvalue weighted by molar-refractivity contribution is -0.117. The van der Waals surface area contributed by atoms with Crippen LogP contribution in [-0.2, 0) is 14.8 Å². The highest BCUT2D eigenvalue weighted by molar-refractivity contribution is 7.89. The zero-order valence-corrected chi connectivity index (χ0v) is 19.1. The molecule has 0 heterocycles. The van der Waals surface area contributed by atoms with Crippen LogP contribution in [0.3, 0.4) is 0 Å². The number of amides is 1. The van der Waals surface area contributed by atoms with Crippen molar-refractivity contribution < 1.29 is 22.7 Å². The van der Waals surface area contributed by atoms with Gasteiger partial charge in [0, 0.05) is 0 Å². The van der Waals surface area contributed by atoms with Crippen molar-refractivity contribution in [3.63, 3.8) is 0 Å². The van der Waals surface area contributed by atoms with Crippen LogP contribution in [0.2, 0.25) is 5.02 Å². The van der Waals surface area contributed by atoms with Crippen LogP contribution in [0, 0.1) is 0 Å². The summed E-state index contributed by atoms with van der Waals surface area (Å²) in [4.78, 5) is 12.6. The highest BCUT2D eigenvalue weighted by Crippen LogP contribution is 2.30. The summed E-state index contributed by atoms with van der Waals surface area (Å²) in [7, 11) is -3.99. The monoisotopic (exact) mass is 474 g/mol. The molecular formula is C23H23ClN2O5S. The van der Waals surface area contributed by atoms with E-state index in [0.717, 1.165) is 0 Å². The molecule has 0 spiro atoms. The molecule has 168 valence electrons. The molecule has 3 aromatic carbocycles. The van der Waals surface area contributed by atoms with E-state index in [1.165, 1.54) is 25.1 Å². The van der Waals surface area contributed by atoms with Crippen molar-refractivity contribution in [1.82, 2.24) is 4.72 Å². The molecule has 1 atom stereocenters. The van der Waals surface area contributed by atoms with E-state index in [4.69, 9.17) is 21.1 Å². The Bertz CT molecular complexity index is 1190. The van der Waals surface area contributed by atoms with Gasteiger partial charge in [0.05, 0.1) is 28.3 Å². The Morgan fingerprint density at radius 1 is 1.00 bits per heavy atom. The van der Waals surface area contributed by atoms with E-state index in [-0.39, 0.29) is 9.92 Å². The fourth-order valence-corrected chi connectivity index (χ4v) is 4.32. The highest BCUT2D eigenvalue weighted by atomic mass is 35.5. The lowest BCUT2D eigenvalue weighted by Crippen LogP contribution is -2.41. The number of anilines is 1. The first-order valence-electron chi connectivity index (χ1n) is 9.87. The molecule has 3 rings (SSSR count). The van der Waals surface area contributed by atoms with Crippen LogP contribution in [0.1, 0.15) is 13.8 Å². The van der Waals surface area contributed by atoms with Gasteiger partial charge in [-0.15, -0.1) is 0 Å². The molecule has 0 fully saturated rings. The second kappa shape index (κ2) is 10.5. The number of hydrogen-bond acceptors (Lipinski definition) is 5. The molecule has 32 heavy (non-hydrogen) atoms. The van der Waals surface area contributed by atoms with E-state index >= 15 is 0 Å². The average Bonchev–Trinajstić information content (AvgIpc) is 2.77. The van der Waals surface area contributed by atoms with Crippen molar-refractivity contribution in [3.05, 3.63) is 77.8 Å². The van der Waals surface area contributed by atoms with Gasteiger partial charge in [-0.25, -0.2) is 8.42 Å². The molecule has 2 N–H and O–H groups in total. The maximum Gasteiger partial charge on any atom is 0.242 e. The SMILES string of the molecule is CCOc1ccc(S(=O)(=O)N[C@H](C)C(=O)Nc2ccccc2Oc2ccccc2)cc1Cl. The summed E-state index contributed by atoms with van der Waals surface area (Å²) < 4.78 is 38.9. The van der Waals surface area contributed by atoms with Crippen LogP contribution in [-0.4, -0.2) is 27.0 Å². The number of hydrogen-bond donors (Lipinski definition) is 2. The van der Waals surface area contributed by atoms with Gasteiger partial charge in [0.1, 0.15) is 11.5 Å². The summed E-state index contributed by atoms with van der Waals surface area (Å²) in [6.45, 7) is 3.65. The van der Waals surface area contributed by atoms with Crippen molar-refractivity contribution in [1.29, 1.82) is 0 Å². The summed E-state index contributed by atoms with van der Waals surface area (Å²) in [5.74, 6) is 0.874. The Kier molecular flexibility index (Phi) is 7.74. The number of rotatable bonds is 9. The van der Waals surface area contributed by atoms with E-state index in [0.29, 0.717) is 29.5 Å². The van der Waals surface area contributed by atoms with Crippen molar-refractivity contribution in [2.75, 3.05) is 11.9 Å². The second-order valence-corrected chi connectivity index (χ2v) is 8.89. The molecule has 0 saturated carbocycles. The van der Waals surface area contributed by atoms with Crippen LogP contribution < -0.4 is 19.5 Å². The van der Waals surface area contributed by atoms with Crippen LogP contribution in [0.15, 0.2) is 77.7 Å². The summed E-state index contributed by atoms with van der Waals surface area (Å²) in [5, 5.41) is 2.87. The van der Waals surface area contributed by atoms with Crippen molar-refractivity contribution in [3.8, 4) is 17.2 Å². The third-order valence-corrected chi connectivity index (χ3v) is 6.19. The summed E-state index contributed by atoms with van der Waals surface area (Å²) in [6, 6.07) is 19.1. The fourth-order valence-electron chi connectivity index (χ4n) is 2.79. The predicted molar refractivity (Wildman–Crippen MR) is 124 cm³/mol. The number of ether oxygens (including phenoxy) is 2. The molecule has 0 aliphatic carbocycles. The average molecular weight is 475 g/mol. The first-order valence-corrected chi connectivity index (χ1v) is 11.7. The quantitative estimate of drug-likeness (QED) is 0.463. The van der Waals surface area contributed by atoms with Gasteiger partial charge >= 0.3 is 0 Å². The minimum Gasteiger partial charge on any atom is -0.492 e. The van der Waals surface area contributed by atoms with Crippen LogP contribution in [0.5, 0.6) is 17.2 Å². The van der Waals surface area contributed by atoms with Crippen LogP contribution in [0.25, 0.3) is 0 Å². The van der Waals surface area contributed by atoms with E-state index in [2.05, 4.69) is 10.0 Å². The van der Waals surface area contributed by atoms with Gasteiger partial charge in [-0.05, 0) is 56.3 Å². The molecular weight excluding hydrogens is 452 g/mol. The zero-order chi connectivity index (χ0) is 23.1. The molecule has 0 aliphatic heterocycles. The third-order valence-electron chi connectivity index (χ3n) is 4.35. The van der Waals surface area contributed by atoms with Gasteiger partial charge in [-0.1, -0.05) is 41.9 Å². The van der Waals surface area contributed by atoms with Gasteiger partial charge in [0.2, 0.25) is 15.9 Å². The lowest BCUT2D eigenvalue weighted by Gasteiger charge is -2.17. The number of sulfonamides is 1. The fraction of sp³-hybridized carbons (Fsp3) is 0.174. The third kappa shape index (κ3) is 6.00. The van der Waals surface area contributed by atoms with Crippen LogP contribution >= 0.6 is 11.6 Å². The largest absolute Gasteiger partial charge is 0.492 e. The van der Waals surface area contributed by atoms with Gasteiger partial charge in [0.15, 0.2) is 5.75 Å². The van der Waals surface area contributed by atoms with E-state index < -0.39 is 22.0 Å². The topological polar surface area (TPSA) is 93.7 Å². The maximum atomic E-state index is 12.7. The molecule has 0 radical (unpaired) electrons. The standard InChI is InChI=1S/C23H23ClN2O5S/c1-3-30-21-14-13-18(15-19(21)24)32(28,29)26-16(2)23(27)25-20-11-7-8-12-22(20)31-17-9-5-4-6-10-17/h4-16,26H,3H2,1-2H3,(H,25,27)/t16-/m1/s1. The first kappa shape index (κ1) is 23.6. The van der Waals surface area contributed by atoms with Gasteiger partial charge < -0.3 is 14.8 Å². The maximum absolute atomic E-state index is 12.7. The molecule has 0 aromatic heterocycles. The normalized spacial score (nSPS) is 12.1. The molecule has 7 nitrogen and oxygen atoms in total. The Labute approximate surface area is 192 Å². The Hall–Kier alpha value is -3.07. The second-order valence-electron chi connectivity index (χ2n) is 6.77. The smallest absolute Gasteiger partial charge is 0.242 e. The summed E-state index contributed by atoms with van der Waals surface area (Å²) >= 11 is 6.09. The summed E-state index contributed by atoms with van der Waals surface area (Å²) in [6.07, 6.45) is 0. The van der Waals surface area contributed by atoms with Gasteiger partial charge in [-0.2, -0.15) is 4.72 Å². The van der Waals surface area contributed by atoms with Crippen molar-refractivity contribution >= 4 is 33.2 Å². The number of para-hydroxylation sites is 3. The molecule has 3 aromatic rings. The van der Waals surface area contributed by atoms with Crippen molar-refractivity contribution in [2.45, 2.75) is 24.8 Å². The van der Waals surface area contributed by atoms with Gasteiger partial charge in [-0.3, -0.25) is 4.79 Å². The minimum absolute atomic E-state index is 0.0709. The zero-order valence-electron chi connectivity index (χ0n) is 17.5. The Morgan fingerprint density at radius 3 is 2.38 bits per heavy atom. The molecule has 0 aliphatic rings. The van der Waals surface area contributed by atoms with E-state index in [1.54, 1.807) is 43.3 Å². The number of carbonyl (C=O) groups excluding carboxylic acids is 1. The van der Waals surface area contributed by atoms with Gasteiger partial charge in [0.25, 0.3) is 0 Å². The molecule has 0 unspecified atom stereocenters. The summed E-state index contributed by atoms with van der Waals surface area (Å²) in [5.41, 5.74) is 0.413. The Balaban J connectivity index is 1.71. The van der Waals surface area contributed by atoms with E-state index in [9.17, 15) is 13.2 Å². The number of nitrogens with one attached hydrogen (secondary N) is 2. The van der Waals surface area contributed by atoms with Crippen LogP contribution in [0.4, 0.5) is 5.69 Å². The first-order chi connectivity index (χ1) is 15.3. The molecule has 0 saturated heterocycles. The molecule has 1 amide bonds. The Morgan fingerprint density at radius 2 is 1.69 bits per heavy atom. The van der Waals surface area contributed by atoms with E-state index in [1.807, 2.05) is 18.2 Å². The highest BCUT2D eigenvalue weighted by Gasteiger charge is 2.23. The number of carbonyl (C=O) groups is 1. The number of benzene rings is 3. The number of halogens is 1. The minimum atomic E-state index is -3.99. The lowest BCUT2D eigenvalue weighted by atomic mass is 10.2. The van der Waals surface area contributed by atoms with Crippen molar-refractivity contribution in [2.24, 2.45) is 0 Å². The predicted octanol–water partition coefficient (Wildman–Crippen LogP) is 4.84. The molecule has 0 bridgehead atoms. The molecule has 9 heteroatoms.